The van der Waals surface area contributed by atoms with Gasteiger partial charge in [0, 0.05) is 11.0 Å². The molecule has 1 aliphatic rings. The molecule has 0 aliphatic carbocycles. The predicted molar refractivity (Wildman–Crippen MR) is 67.1 cm³/mol. The van der Waals surface area contributed by atoms with E-state index in [1.165, 1.54) is 11.0 Å². The van der Waals surface area contributed by atoms with E-state index in [4.69, 9.17) is 10.00 Å². The van der Waals surface area contributed by atoms with E-state index >= 15 is 0 Å². The van der Waals surface area contributed by atoms with Gasteiger partial charge in [-0.1, -0.05) is 15.9 Å². The number of phenolic OH excluding ortho intramolecular Hbond substituents is 1. The summed E-state index contributed by atoms with van der Waals surface area (Å²) in [6.07, 6.45) is -0.597. The number of amides is 1. The van der Waals surface area contributed by atoms with Crippen LogP contribution in [0.1, 0.15) is 10.4 Å². The fourth-order valence-electron chi connectivity index (χ4n) is 1.77. The number of ether oxygens (including phenoxy) is 1. The van der Waals surface area contributed by atoms with Gasteiger partial charge in [0.05, 0.1) is 24.8 Å². The van der Waals surface area contributed by atoms with Crippen molar-refractivity contribution in [2.45, 2.75) is 6.10 Å². The fraction of sp³-hybridized carbons (Fsp3) is 0.333. The van der Waals surface area contributed by atoms with Crippen LogP contribution in [0.15, 0.2) is 22.7 Å². The van der Waals surface area contributed by atoms with E-state index in [2.05, 4.69) is 15.9 Å². The highest BCUT2D eigenvalue weighted by Gasteiger charge is 2.26. The largest absolute Gasteiger partial charge is 0.507 e. The second-order valence-electron chi connectivity index (χ2n) is 3.90. The third kappa shape index (κ3) is 2.63. The lowest BCUT2D eigenvalue weighted by Crippen LogP contribution is -2.45. The molecule has 5 nitrogen and oxygen atoms in total. The maximum absolute atomic E-state index is 12.2. The van der Waals surface area contributed by atoms with Gasteiger partial charge in [-0.25, -0.2) is 0 Å². The minimum Gasteiger partial charge on any atom is -0.507 e. The molecule has 6 heteroatoms. The van der Waals surface area contributed by atoms with Gasteiger partial charge in [-0.15, -0.1) is 0 Å². The molecule has 94 valence electrons. The molecule has 1 fully saturated rings. The van der Waals surface area contributed by atoms with Crippen LogP contribution in [0.3, 0.4) is 0 Å². The number of phenols is 1. The number of hydrogen-bond donors (Lipinski definition) is 1. The van der Waals surface area contributed by atoms with Gasteiger partial charge in [-0.05, 0) is 18.2 Å². The van der Waals surface area contributed by atoms with Crippen LogP contribution >= 0.6 is 15.9 Å². The molecule has 0 spiro atoms. The van der Waals surface area contributed by atoms with Crippen LogP contribution in [-0.2, 0) is 4.74 Å². The van der Waals surface area contributed by atoms with Gasteiger partial charge < -0.3 is 14.7 Å². The number of nitrogens with zero attached hydrogens (tertiary/aromatic N) is 2. The van der Waals surface area contributed by atoms with Crippen molar-refractivity contribution >= 4 is 21.8 Å². The average Bonchev–Trinajstić information content (AvgIpc) is 2.38. The van der Waals surface area contributed by atoms with Crippen molar-refractivity contribution in [3.63, 3.8) is 0 Å². The van der Waals surface area contributed by atoms with Gasteiger partial charge in [0.1, 0.15) is 5.75 Å². The summed E-state index contributed by atoms with van der Waals surface area (Å²) in [5.41, 5.74) is 0.233. The van der Waals surface area contributed by atoms with Crippen molar-refractivity contribution < 1.29 is 14.6 Å². The van der Waals surface area contributed by atoms with E-state index < -0.39 is 6.10 Å². The molecular formula is C12H11BrN2O3. The zero-order valence-electron chi connectivity index (χ0n) is 9.47. The lowest BCUT2D eigenvalue weighted by atomic mass is 10.1. The summed E-state index contributed by atoms with van der Waals surface area (Å²) in [5.74, 6) is -0.363. The Hall–Kier alpha value is -1.58. The third-order valence-electron chi connectivity index (χ3n) is 2.69. The second kappa shape index (κ2) is 5.38. The minimum atomic E-state index is -0.597. The van der Waals surface area contributed by atoms with Gasteiger partial charge in [0.15, 0.2) is 6.10 Å². The van der Waals surface area contributed by atoms with Crippen molar-refractivity contribution in [2.75, 3.05) is 19.7 Å². The van der Waals surface area contributed by atoms with Crippen LogP contribution < -0.4 is 0 Å². The maximum atomic E-state index is 12.2. The number of halogens is 1. The summed E-state index contributed by atoms with van der Waals surface area (Å²) < 4.78 is 5.87. The van der Waals surface area contributed by atoms with Gasteiger partial charge >= 0.3 is 0 Å². The Morgan fingerprint density at radius 1 is 1.61 bits per heavy atom. The van der Waals surface area contributed by atoms with E-state index in [1.54, 1.807) is 12.1 Å². The summed E-state index contributed by atoms with van der Waals surface area (Å²) in [5, 5.41) is 18.5. The molecule has 0 saturated carbocycles. The maximum Gasteiger partial charge on any atom is 0.257 e. The lowest BCUT2D eigenvalue weighted by Gasteiger charge is -2.29. The van der Waals surface area contributed by atoms with Gasteiger partial charge in [0.25, 0.3) is 5.91 Å². The Morgan fingerprint density at radius 3 is 3.06 bits per heavy atom. The molecule has 1 amide bonds. The molecule has 1 atom stereocenters. The van der Waals surface area contributed by atoms with E-state index in [0.29, 0.717) is 17.6 Å². The molecule has 1 aliphatic heterocycles. The number of carbonyl (C=O) groups is 1. The first-order valence-electron chi connectivity index (χ1n) is 5.41. The van der Waals surface area contributed by atoms with E-state index in [0.717, 1.165) is 0 Å². The number of aromatic hydroxyl groups is 1. The minimum absolute atomic E-state index is 0.0747. The lowest BCUT2D eigenvalue weighted by molar-refractivity contribution is 0.00334. The summed E-state index contributed by atoms with van der Waals surface area (Å²) >= 11 is 3.21. The standard InChI is InChI=1S/C12H11BrN2O3/c13-8-1-2-10(11(16)5-8)12(17)15-3-4-18-9(6-14)7-15/h1-2,5,9,16H,3-4,7H2. The van der Waals surface area contributed by atoms with Crippen molar-refractivity contribution in [3.05, 3.63) is 28.2 Å². The highest BCUT2D eigenvalue weighted by Crippen LogP contribution is 2.24. The topological polar surface area (TPSA) is 73.6 Å². The number of morpholine rings is 1. The summed E-state index contributed by atoms with van der Waals surface area (Å²) in [6.45, 7) is 0.985. The van der Waals surface area contributed by atoms with Crippen molar-refractivity contribution in [1.82, 2.24) is 4.90 Å². The number of benzene rings is 1. The Kier molecular flexibility index (Phi) is 3.84. The zero-order chi connectivity index (χ0) is 13.1. The average molecular weight is 311 g/mol. The van der Waals surface area contributed by atoms with E-state index in [1.807, 2.05) is 6.07 Å². The second-order valence-corrected chi connectivity index (χ2v) is 4.82. The Balaban J connectivity index is 2.18. The summed E-state index contributed by atoms with van der Waals surface area (Å²) in [4.78, 5) is 13.7. The predicted octanol–water partition coefficient (Wildman–Crippen LogP) is 1.52. The van der Waals surface area contributed by atoms with Crippen LogP contribution in [0.25, 0.3) is 0 Å². The summed E-state index contributed by atoms with van der Waals surface area (Å²) in [6, 6.07) is 6.69. The molecule has 1 saturated heterocycles. The Labute approximate surface area is 113 Å². The Bertz CT molecular complexity index is 513. The first-order valence-corrected chi connectivity index (χ1v) is 6.20. The molecule has 1 aromatic rings. The van der Waals surface area contributed by atoms with Crippen LogP contribution in [-0.4, -0.2) is 41.7 Å². The molecular weight excluding hydrogens is 300 g/mol. The zero-order valence-corrected chi connectivity index (χ0v) is 11.1. The molecule has 2 rings (SSSR count). The van der Waals surface area contributed by atoms with Crippen LogP contribution in [0, 0.1) is 11.3 Å². The van der Waals surface area contributed by atoms with Crippen molar-refractivity contribution in [2.24, 2.45) is 0 Å². The highest BCUT2D eigenvalue weighted by atomic mass is 79.9. The number of carbonyl (C=O) groups excluding carboxylic acids is 1. The highest BCUT2D eigenvalue weighted by molar-refractivity contribution is 9.10. The number of rotatable bonds is 1. The van der Waals surface area contributed by atoms with E-state index in [9.17, 15) is 9.90 Å². The van der Waals surface area contributed by atoms with Gasteiger partial charge in [0.2, 0.25) is 0 Å². The first-order chi connectivity index (χ1) is 8.61. The molecule has 0 radical (unpaired) electrons. The van der Waals surface area contributed by atoms with Crippen LogP contribution in [0.2, 0.25) is 0 Å². The molecule has 1 unspecified atom stereocenters. The monoisotopic (exact) mass is 310 g/mol. The molecule has 1 N–H and O–H groups in total. The van der Waals surface area contributed by atoms with Crippen LogP contribution in [0.4, 0.5) is 0 Å². The first kappa shape index (κ1) is 12.9. The Morgan fingerprint density at radius 2 is 2.39 bits per heavy atom. The molecule has 1 heterocycles. The van der Waals surface area contributed by atoms with Crippen molar-refractivity contribution in [3.8, 4) is 11.8 Å². The summed E-state index contributed by atoms with van der Waals surface area (Å²) in [7, 11) is 0. The van der Waals surface area contributed by atoms with Crippen LogP contribution in [0.5, 0.6) is 5.75 Å². The quantitative estimate of drug-likeness (QED) is 0.853. The third-order valence-corrected chi connectivity index (χ3v) is 3.18. The molecule has 18 heavy (non-hydrogen) atoms. The fourth-order valence-corrected chi connectivity index (χ4v) is 2.12. The molecule has 1 aromatic carbocycles. The normalized spacial score (nSPS) is 19.3. The molecule has 0 aromatic heterocycles. The van der Waals surface area contributed by atoms with Gasteiger partial charge in [-0.3, -0.25) is 4.79 Å². The van der Waals surface area contributed by atoms with Gasteiger partial charge in [-0.2, -0.15) is 5.26 Å². The van der Waals surface area contributed by atoms with Crippen molar-refractivity contribution in [1.29, 1.82) is 5.26 Å². The number of nitriles is 1. The molecule has 0 bridgehead atoms. The number of hydrogen-bond acceptors (Lipinski definition) is 4. The van der Waals surface area contributed by atoms with E-state index in [-0.39, 0.29) is 23.8 Å². The SMILES string of the molecule is N#CC1CN(C(=O)c2ccc(Br)cc2O)CCO1. The smallest absolute Gasteiger partial charge is 0.257 e.